The number of nitrogens with two attached hydrogens (primary N) is 1. The van der Waals surface area contributed by atoms with Crippen molar-refractivity contribution in [1.29, 1.82) is 0 Å². The van der Waals surface area contributed by atoms with Crippen molar-refractivity contribution in [3.8, 4) is 0 Å². The lowest BCUT2D eigenvalue weighted by molar-refractivity contribution is -0.147. The fraction of sp³-hybridized carbons (Fsp3) is 1.00. The van der Waals surface area contributed by atoms with Gasteiger partial charge in [0.15, 0.2) is 0 Å². The van der Waals surface area contributed by atoms with Gasteiger partial charge in [-0.05, 0) is 38.5 Å². The van der Waals surface area contributed by atoms with Crippen molar-refractivity contribution < 1.29 is 13.2 Å². The van der Waals surface area contributed by atoms with E-state index in [1.165, 1.54) is 0 Å². The quantitative estimate of drug-likeness (QED) is 0.793. The molecule has 2 nitrogen and oxygen atoms in total. The molecule has 2 rings (SSSR count). The molecule has 0 aromatic heterocycles. The maximum Gasteiger partial charge on any atom is 0.401 e. The van der Waals surface area contributed by atoms with Crippen LogP contribution in [-0.4, -0.2) is 35.7 Å². The average molecular weight is 236 g/mol. The second-order valence-electron chi connectivity index (χ2n) is 5.28. The van der Waals surface area contributed by atoms with E-state index in [4.69, 9.17) is 5.73 Å². The van der Waals surface area contributed by atoms with Gasteiger partial charge >= 0.3 is 6.18 Å². The van der Waals surface area contributed by atoms with Crippen LogP contribution < -0.4 is 5.73 Å². The van der Waals surface area contributed by atoms with Crippen molar-refractivity contribution in [3.63, 3.8) is 0 Å². The van der Waals surface area contributed by atoms with Gasteiger partial charge in [0, 0.05) is 18.1 Å². The first-order valence-corrected chi connectivity index (χ1v) is 5.98. The summed E-state index contributed by atoms with van der Waals surface area (Å²) in [5.74, 6) is 0. The van der Waals surface area contributed by atoms with Gasteiger partial charge in [0.25, 0.3) is 0 Å². The van der Waals surface area contributed by atoms with Crippen LogP contribution in [0.15, 0.2) is 0 Å². The Morgan fingerprint density at radius 1 is 1.25 bits per heavy atom. The molecule has 2 aliphatic carbocycles. The summed E-state index contributed by atoms with van der Waals surface area (Å²) >= 11 is 0. The Labute approximate surface area is 94.0 Å². The summed E-state index contributed by atoms with van der Waals surface area (Å²) in [5.41, 5.74) is 5.86. The second-order valence-corrected chi connectivity index (χ2v) is 5.28. The molecule has 2 saturated carbocycles. The van der Waals surface area contributed by atoms with Crippen molar-refractivity contribution in [2.24, 2.45) is 5.73 Å². The van der Waals surface area contributed by atoms with E-state index in [1.54, 1.807) is 4.90 Å². The highest BCUT2D eigenvalue weighted by Crippen LogP contribution is 2.35. The molecule has 0 spiro atoms. The molecule has 0 radical (unpaired) electrons. The normalized spacial score (nSPS) is 24.6. The fourth-order valence-electron chi connectivity index (χ4n) is 2.31. The first-order chi connectivity index (χ1) is 7.38. The number of hydrogen-bond acceptors (Lipinski definition) is 2. The molecule has 0 aromatic rings. The summed E-state index contributed by atoms with van der Waals surface area (Å²) in [4.78, 5) is 1.56. The second kappa shape index (κ2) is 4.18. The zero-order valence-electron chi connectivity index (χ0n) is 9.39. The third kappa shape index (κ3) is 3.35. The van der Waals surface area contributed by atoms with Crippen LogP contribution in [0, 0.1) is 0 Å². The van der Waals surface area contributed by atoms with Crippen LogP contribution in [-0.2, 0) is 0 Å². The van der Waals surface area contributed by atoms with Gasteiger partial charge in [0.1, 0.15) is 0 Å². The maximum absolute atomic E-state index is 12.3. The van der Waals surface area contributed by atoms with Gasteiger partial charge in [0.05, 0.1) is 6.54 Å². The Hall–Kier alpha value is -0.290. The molecule has 0 bridgehead atoms. The van der Waals surface area contributed by atoms with Crippen molar-refractivity contribution in [3.05, 3.63) is 0 Å². The van der Waals surface area contributed by atoms with E-state index in [9.17, 15) is 13.2 Å². The highest BCUT2D eigenvalue weighted by Gasteiger charge is 2.40. The summed E-state index contributed by atoms with van der Waals surface area (Å²) in [5, 5.41) is 0. The van der Waals surface area contributed by atoms with Crippen LogP contribution in [0.1, 0.15) is 38.5 Å². The molecule has 0 aromatic carbocycles. The van der Waals surface area contributed by atoms with Crippen molar-refractivity contribution in [2.45, 2.75) is 56.3 Å². The fourth-order valence-corrected chi connectivity index (χ4v) is 2.31. The maximum atomic E-state index is 12.3. The smallest absolute Gasteiger partial charge is 0.325 e. The SMILES string of the molecule is NC1(CCN(CC(F)(F)F)C2CC2)CCC1. The van der Waals surface area contributed by atoms with E-state index in [0.29, 0.717) is 13.0 Å². The van der Waals surface area contributed by atoms with Gasteiger partial charge < -0.3 is 5.73 Å². The van der Waals surface area contributed by atoms with E-state index in [-0.39, 0.29) is 11.6 Å². The molecular weight excluding hydrogens is 217 g/mol. The Morgan fingerprint density at radius 3 is 2.25 bits per heavy atom. The molecule has 0 atom stereocenters. The highest BCUT2D eigenvalue weighted by molar-refractivity contribution is 4.95. The summed E-state index contributed by atoms with van der Waals surface area (Å²) in [7, 11) is 0. The first kappa shape index (κ1) is 12.2. The van der Waals surface area contributed by atoms with E-state index >= 15 is 0 Å². The number of alkyl halides is 3. The standard InChI is InChI=1S/C11H19F3N2/c12-11(13,14)8-16(9-2-3-9)7-6-10(15)4-1-5-10/h9H,1-8,15H2. The number of halogens is 3. The molecule has 0 amide bonds. The molecule has 94 valence electrons. The highest BCUT2D eigenvalue weighted by atomic mass is 19.4. The molecule has 2 aliphatic rings. The summed E-state index contributed by atoms with van der Waals surface area (Å²) in [6, 6.07) is 0.158. The lowest BCUT2D eigenvalue weighted by Crippen LogP contribution is -2.49. The number of rotatable bonds is 5. The molecule has 2 N–H and O–H groups in total. The minimum atomic E-state index is -4.08. The lowest BCUT2D eigenvalue weighted by atomic mass is 9.75. The van der Waals surface area contributed by atoms with Gasteiger partial charge in [-0.2, -0.15) is 13.2 Å². The molecule has 0 heterocycles. The average Bonchev–Trinajstić information content (AvgIpc) is 2.90. The van der Waals surface area contributed by atoms with Crippen LogP contribution >= 0.6 is 0 Å². The Balaban J connectivity index is 1.78. The Morgan fingerprint density at radius 2 is 1.88 bits per heavy atom. The van der Waals surface area contributed by atoms with Gasteiger partial charge in [-0.25, -0.2) is 0 Å². The van der Waals surface area contributed by atoms with Gasteiger partial charge in [-0.3, -0.25) is 4.90 Å². The van der Waals surface area contributed by atoms with Crippen LogP contribution in [0.25, 0.3) is 0 Å². The van der Waals surface area contributed by atoms with Crippen LogP contribution in [0.5, 0.6) is 0 Å². The minimum absolute atomic E-state index is 0.158. The van der Waals surface area contributed by atoms with Crippen molar-refractivity contribution in [2.75, 3.05) is 13.1 Å². The first-order valence-electron chi connectivity index (χ1n) is 5.98. The zero-order valence-corrected chi connectivity index (χ0v) is 9.39. The minimum Gasteiger partial charge on any atom is -0.325 e. The van der Waals surface area contributed by atoms with Gasteiger partial charge in [-0.15, -0.1) is 0 Å². The third-order valence-electron chi connectivity index (χ3n) is 3.69. The zero-order chi connectivity index (χ0) is 11.8. The molecule has 0 aliphatic heterocycles. The van der Waals surface area contributed by atoms with Gasteiger partial charge in [-0.1, -0.05) is 0 Å². The van der Waals surface area contributed by atoms with Gasteiger partial charge in [0.2, 0.25) is 0 Å². The van der Waals surface area contributed by atoms with E-state index in [1.807, 2.05) is 0 Å². The van der Waals surface area contributed by atoms with Crippen LogP contribution in [0.3, 0.4) is 0 Å². The van der Waals surface area contributed by atoms with E-state index in [0.717, 1.165) is 32.1 Å². The molecule has 2 fully saturated rings. The van der Waals surface area contributed by atoms with Crippen molar-refractivity contribution >= 4 is 0 Å². The predicted octanol–water partition coefficient (Wildman–Crippen LogP) is 2.28. The summed E-state index contributed by atoms with van der Waals surface area (Å²) in [6.45, 7) is -0.269. The van der Waals surface area contributed by atoms with E-state index in [2.05, 4.69) is 0 Å². The molecule has 5 heteroatoms. The Kier molecular flexibility index (Phi) is 3.18. The molecule has 0 unspecified atom stereocenters. The van der Waals surface area contributed by atoms with Crippen LogP contribution in [0.4, 0.5) is 13.2 Å². The van der Waals surface area contributed by atoms with E-state index < -0.39 is 12.7 Å². The predicted molar refractivity (Wildman–Crippen MR) is 56.0 cm³/mol. The van der Waals surface area contributed by atoms with Crippen molar-refractivity contribution in [1.82, 2.24) is 4.90 Å². The molecular formula is C11H19F3N2. The monoisotopic (exact) mass is 236 g/mol. The molecule has 16 heavy (non-hydrogen) atoms. The van der Waals surface area contributed by atoms with Crippen LogP contribution in [0.2, 0.25) is 0 Å². The summed E-state index contributed by atoms with van der Waals surface area (Å²) in [6.07, 6.45) is 1.51. The largest absolute Gasteiger partial charge is 0.401 e. The number of hydrogen-bond donors (Lipinski definition) is 1. The summed E-state index contributed by atoms with van der Waals surface area (Å²) < 4.78 is 37.0. The topological polar surface area (TPSA) is 29.3 Å². The number of nitrogens with zero attached hydrogens (tertiary/aromatic N) is 1. The Bertz CT molecular complexity index is 244. The third-order valence-corrected chi connectivity index (χ3v) is 3.69. The lowest BCUT2D eigenvalue weighted by Gasteiger charge is -2.39. The molecule has 0 saturated heterocycles.